The van der Waals surface area contributed by atoms with Crippen LogP contribution in [0.15, 0.2) is 53.4 Å². The molecule has 1 N–H and O–H groups in total. The molecule has 0 aliphatic heterocycles. The van der Waals surface area contributed by atoms with Crippen molar-refractivity contribution in [3.63, 3.8) is 0 Å². The molecule has 0 aliphatic rings. The van der Waals surface area contributed by atoms with Gasteiger partial charge in [0.2, 0.25) is 0 Å². The molecule has 28 heavy (non-hydrogen) atoms. The molecule has 0 heterocycles. The van der Waals surface area contributed by atoms with Gasteiger partial charge in [0.25, 0.3) is 10.1 Å². The highest BCUT2D eigenvalue weighted by atomic mass is 32.2. The molecule has 0 aromatic heterocycles. The standard InChI is InChI=1S/C21H28O6S/c1-17-8-9-21(28(22,23)24)20(14-17)15-18(2)27-13-12-25-10-11-26-16-19-6-4-3-5-7-19/h3-9,14,18H,10-13,15-16H2,1-2H3,(H,22,23,24)/t18-/m1/s1. The molecule has 0 amide bonds. The molecule has 1 atom stereocenters. The van der Waals surface area contributed by atoms with Crippen molar-refractivity contribution >= 4 is 10.1 Å². The fourth-order valence-electron chi connectivity index (χ4n) is 2.78. The quantitative estimate of drug-likeness (QED) is 0.428. The topological polar surface area (TPSA) is 82.1 Å². The Balaban J connectivity index is 1.63. The number of hydrogen-bond donors (Lipinski definition) is 1. The van der Waals surface area contributed by atoms with Crippen molar-refractivity contribution in [3.8, 4) is 0 Å². The van der Waals surface area contributed by atoms with Crippen molar-refractivity contribution in [2.24, 2.45) is 0 Å². The average molecular weight is 409 g/mol. The molecule has 0 radical (unpaired) electrons. The first-order chi connectivity index (χ1) is 13.4. The van der Waals surface area contributed by atoms with Crippen LogP contribution in [0.4, 0.5) is 0 Å². The van der Waals surface area contributed by atoms with E-state index in [1.54, 1.807) is 12.1 Å². The van der Waals surface area contributed by atoms with Gasteiger partial charge >= 0.3 is 0 Å². The molecular formula is C21H28O6S. The summed E-state index contributed by atoms with van der Waals surface area (Å²) in [5.41, 5.74) is 2.60. The van der Waals surface area contributed by atoms with Crippen molar-refractivity contribution in [1.29, 1.82) is 0 Å². The number of benzene rings is 2. The van der Waals surface area contributed by atoms with Crippen LogP contribution < -0.4 is 0 Å². The maximum absolute atomic E-state index is 11.5. The highest BCUT2D eigenvalue weighted by molar-refractivity contribution is 7.85. The van der Waals surface area contributed by atoms with Crippen LogP contribution in [0.2, 0.25) is 0 Å². The van der Waals surface area contributed by atoms with Gasteiger partial charge < -0.3 is 14.2 Å². The van der Waals surface area contributed by atoms with E-state index in [0.29, 0.717) is 45.0 Å². The van der Waals surface area contributed by atoms with E-state index >= 15 is 0 Å². The van der Waals surface area contributed by atoms with Crippen LogP contribution in [0.1, 0.15) is 23.6 Å². The molecule has 0 saturated carbocycles. The molecule has 2 rings (SSSR count). The minimum Gasteiger partial charge on any atom is -0.377 e. The number of hydrogen-bond acceptors (Lipinski definition) is 5. The van der Waals surface area contributed by atoms with Gasteiger partial charge in [-0.25, -0.2) is 0 Å². The summed E-state index contributed by atoms with van der Waals surface area (Å²) in [6.07, 6.45) is 0.178. The average Bonchev–Trinajstić information content (AvgIpc) is 2.63. The summed E-state index contributed by atoms with van der Waals surface area (Å²) in [5.74, 6) is 0. The molecule has 0 unspecified atom stereocenters. The van der Waals surface area contributed by atoms with Gasteiger partial charge in [0.15, 0.2) is 0 Å². The van der Waals surface area contributed by atoms with Crippen LogP contribution in [-0.2, 0) is 37.4 Å². The summed E-state index contributed by atoms with van der Waals surface area (Å²) in [5, 5.41) is 0. The third-order valence-corrected chi connectivity index (χ3v) is 5.07. The van der Waals surface area contributed by atoms with Crippen molar-refractivity contribution in [3.05, 3.63) is 65.2 Å². The lowest BCUT2D eigenvalue weighted by Crippen LogP contribution is -2.18. The Morgan fingerprint density at radius 1 is 0.964 bits per heavy atom. The summed E-state index contributed by atoms with van der Waals surface area (Å²) in [6, 6.07) is 14.8. The SMILES string of the molecule is Cc1ccc(S(=O)(=O)O)c(C[C@@H](C)OCCOCCOCc2ccccc2)c1. The van der Waals surface area contributed by atoms with E-state index in [4.69, 9.17) is 14.2 Å². The Bertz CT molecular complexity index is 820. The van der Waals surface area contributed by atoms with Crippen molar-refractivity contribution in [2.75, 3.05) is 26.4 Å². The second-order valence-corrected chi connectivity index (χ2v) is 8.01. The minimum atomic E-state index is -4.25. The first-order valence-electron chi connectivity index (χ1n) is 9.24. The molecule has 0 bridgehead atoms. The second-order valence-electron chi connectivity index (χ2n) is 6.62. The Labute approximate surface area is 167 Å². The van der Waals surface area contributed by atoms with Crippen LogP contribution in [0.25, 0.3) is 0 Å². The smallest absolute Gasteiger partial charge is 0.294 e. The van der Waals surface area contributed by atoms with Crippen LogP contribution in [0, 0.1) is 6.92 Å². The van der Waals surface area contributed by atoms with Gasteiger partial charge in [-0.3, -0.25) is 4.55 Å². The number of rotatable bonds is 12. The van der Waals surface area contributed by atoms with Gasteiger partial charge in [-0.15, -0.1) is 0 Å². The van der Waals surface area contributed by atoms with E-state index in [1.807, 2.05) is 44.2 Å². The van der Waals surface area contributed by atoms with E-state index in [1.165, 1.54) is 6.07 Å². The fraction of sp³-hybridized carbons (Fsp3) is 0.429. The normalized spacial score (nSPS) is 12.8. The molecule has 7 heteroatoms. The summed E-state index contributed by atoms with van der Waals surface area (Å²) in [7, 11) is -4.25. The number of aryl methyl sites for hydroxylation is 1. The maximum atomic E-state index is 11.5. The molecule has 2 aromatic rings. The first-order valence-corrected chi connectivity index (χ1v) is 10.7. The van der Waals surface area contributed by atoms with Gasteiger partial charge in [0.05, 0.1) is 44.0 Å². The maximum Gasteiger partial charge on any atom is 0.294 e. The summed E-state index contributed by atoms with van der Waals surface area (Å²) < 4.78 is 49.1. The third kappa shape index (κ3) is 8.08. The summed E-state index contributed by atoms with van der Waals surface area (Å²) in [6.45, 7) is 6.10. The fourth-order valence-corrected chi connectivity index (χ4v) is 3.49. The largest absolute Gasteiger partial charge is 0.377 e. The molecule has 0 spiro atoms. The zero-order valence-corrected chi connectivity index (χ0v) is 17.2. The Kier molecular flexibility index (Phi) is 9.08. The van der Waals surface area contributed by atoms with E-state index in [0.717, 1.165) is 11.1 Å². The van der Waals surface area contributed by atoms with Crippen molar-refractivity contribution in [2.45, 2.75) is 37.9 Å². The second kappa shape index (κ2) is 11.3. The Hall–Kier alpha value is -1.77. The Morgan fingerprint density at radius 3 is 2.36 bits per heavy atom. The molecule has 2 aromatic carbocycles. The van der Waals surface area contributed by atoms with Gasteiger partial charge in [-0.05, 0) is 37.5 Å². The molecule has 0 aliphatic carbocycles. The van der Waals surface area contributed by atoms with Crippen molar-refractivity contribution < 1.29 is 27.2 Å². The van der Waals surface area contributed by atoms with Crippen LogP contribution in [0.3, 0.4) is 0 Å². The van der Waals surface area contributed by atoms with Crippen molar-refractivity contribution in [1.82, 2.24) is 0 Å². The first kappa shape index (κ1) is 22.5. The van der Waals surface area contributed by atoms with Gasteiger partial charge in [-0.2, -0.15) is 8.42 Å². The zero-order chi connectivity index (χ0) is 20.4. The molecule has 154 valence electrons. The lowest BCUT2D eigenvalue weighted by atomic mass is 10.1. The van der Waals surface area contributed by atoms with Gasteiger partial charge in [0, 0.05) is 0 Å². The van der Waals surface area contributed by atoms with E-state index in [-0.39, 0.29) is 11.0 Å². The lowest BCUT2D eigenvalue weighted by molar-refractivity contribution is -0.00836. The number of ether oxygens (including phenoxy) is 3. The predicted octanol–water partition coefficient (Wildman–Crippen LogP) is 3.42. The molecule has 0 fully saturated rings. The van der Waals surface area contributed by atoms with Crippen LogP contribution in [-0.4, -0.2) is 45.5 Å². The highest BCUT2D eigenvalue weighted by Crippen LogP contribution is 2.19. The minimum absolute atomic E-state index is 0.0691. The van der Waals surface area contributed by atoms with E-state index in [9.17, 15) is 13.0 Å². The third-order valence-electron chi connectivity index (χ3n) is 4.11. The lowest BCUT2D eigenvalue weighted by Gasteiger charge is -2.15. The van der Waals surface area contributed by atoms with Gasteiger partial charge in [0.1, 0.15) is 0 Å². The van der Waals surface area contributed by atoms with Crippen LogP contribution >= 0.6 is 0 Å². The molecule has 0 saturated heterocycles. The predicted molar refractivity (Wildman–Crippen MR) is 107 cm³/mol. The van der Waals surface area contributed by atoms with E-state index in [2.05, 4.69) is 0 Å². The summed E-state index contributed by atoms with van der Waals surface area (Å²) >= 11 is 0. The van der Waals surface area contributed by atoms with E-state index < -0.39 is 10.1 Å². The molecular weight excluding hydrogens is 380 g/mol. The molecule has 6 nitrogen and oxygen atoms in total. The Morgan fingerprint density at radius 2 is 1.64 bits per heavy atom. The summed E-state index contributed by atoms with van der Waals surface area (Å²) in [4.78, 5) is -0.0691. The zero-order valence-electron chi connectivity index (χ0n) is 16.3. The van der Waals surface area contributed by atoms with Gasteiger partial charge in [-0.1, -0.05) is 48.0 Å². The highest BCUT2D eigenvalue weighted by Gasteiger charge is 2.17. The van der Waals surface area contributed by atoms with Crippen LogP contribution in [0.5, 0.6) is 0 Å². The monoisotopic (exact) mass is 408 g/mol.